The van der Waals surface area contributed by atoms with Crippen molar-refractivity contribution in [1.82, 2.24) is 24.8 Å². The van der Waals surface area contributed by atoms with E-state index < -0.39 is 5.97 Å². The zero-order valence-electron chi connectivity index (χ0n) is 10.4. The average molecular weight is 257 g/mol. The second-order valence-corrected chi connectivity index (χ2v) is 4.25. The van der Waals surface area contributed by atoms with Gasteiger partial charge in [-0.05, 0) is 19.1 Å². The van der Waals surface area contributed by atoms with Crippen LogP contribution in [0.4, 0.5) is 0 Å². The van der Waals surface area contributed by atoms with E-state index in [1.165, 1.54) is 10.7 Å². The van der Waals surface area contributed by atoms with Crippen LogP contribution >= 0.6 is 0 Å². The molecule has 1 aromatic carbocycles. The molecule has 0 saturated heterocycles. The van der Waals surface area contributed by atoms with Gasteiger partial charge in [0, 0.05) is 18.8 Å². The summed E-state index contributed by atoms with van der Waals surface area (Å²) in [6.07, 6.45) is 0. The number of nitrogens with zero attached hydrogens (tertiary/aromatic N) is 5. The average Bonchev–Trinajstić information content (AvgIpc) is 2.93. The van der Waals surface area contributed by atoms with E-state index in [2.05, 4.69) is 15.4 Å². The van der Waals surface area contributed by atoms with E-state index in [0.717, 1.165) is 5.69 Å². The van der Waals surface area contributed by atoms with Gasteiger partial charge in [-0.1, -0.05) is 11.3 Å². The monoisotopic (exact) mass is 257 g/mol. The fourth-order valence-electron chi connectivity index (χ4n) is 1.95. The molecule has 3 aromatic rings. The second kappa shape index (κ2) is 3.91. The van der Waals surface area contributed by atoms with Crippen LogP contribution in [0.1, 0.15) is 16.1 Å². The minimum absolute atomic E-state index is 0.158. The van der Waals surface area contributed by atoms with Crippen LogP contribution in [-0.4, -0.2) is 35.9 Å². The Bertz CT molecular complexity index is 767. The lowest BCUT2D eigenvalue weighted by Gasteiger charge is -2.00. The molecule has 0 saturated carbocycles. The summed E-state index contributed by atoms with van der Waals surface area (Å²) in [6.45, 7) is 1.91. The van der Waals surface area contributed by atoms with E-state index >= 15 is 0 Å². The van der Waals surface area contributed by atoms with Gasteiger partial charge < -0.3 is 5.11 Å². The van der Waals surface area contributed by atoms with Gasteiger partial charge >= 0.3 is 5.97 Å². The maximum atomic E-state index is 11.3. The summed E-state index contributed by atoms with van der Waals surface area (Å²) in [5.74, 6) is -0.460. The summed E-state index contributed by atoms with van der Waals surface area (Å²) in [7, 11) is 1.82. The molecule has 2 aromatic heterocycles. The smallest absolute Gasteiger partial charge is 0.337 e. The third-order valence-electron chi connectivity index (χ3n) is 3.02. The van der Waals surface area contributed by atoms with E-state index in [1.54, 1.807) is 16.8 Å². The molecule has 0 bridgehead atoms. The van der Waals surface area contributed by atoms with Gasteiger partial charge in [-0.25, -0.2) is 4.79 Å². The first-order chi connectivity index (χ1) is 9.08. The normalized spacial score (nSPS) is 11.1. The highest BCUT2D eigenvalue weighted by molar-refractivity contribution is 6.01. The number of rotatable bonds is 2. The fourth-order valence-corrected chi connectivity index (χ4v) is 1.95. The lowest BCUT2D eigenvalue weighted by atomic mass is 10.2. The van der Waals surface area contributed by atoms with E-state index in [1.807, 2.05) is 20.0 Å². The van der Waals surface area contributed by atoms with Crippen molar-refractivity contribution in [2.45, 2.75) is 6.92 Å². The Morgan fingerprint density at radius 3 is 2.79 bits per heavy atom. The number of aromatic carboxylic acids is 1. The van der Waals surface area contributed by atoms with Crippen LogP contribution in [0.25, 0.3) is 16.9 Å². The molecule has 19 heavy (non-hydrogen) atoms. The van der Waals surface area contributed by atoms with Crippen LogP contribution in [0.3, 0.4) is 0 Å². The van der Waals surface area contributed by atoms with E-state index in [-0.39, 0.29) is 5.56 Å². The van der Waals surface area contributed by atoms with Crippen LogP contribution in [-0.2, 0) is 7.05 Å². The predicted molar refractivity (Wildman–Crippen MR) is 67.3 cm³/mol. The van der Waals surface area contributed by atoms with Crippen molar-refractivity contribution >= 4 is 17.0 Å². The van der Waals surface area contributed by atoms with Crippen molar-refractivity contribution < 1.29 is 9.90 Å². The van der Waals surface area contributed by atoms with Gasteiger partial charge in [0.05, 0.1) is 5.56 Å². The Kier molecular flexibility index (Phi) is 2.34. The van der Waals surface area contributed by atoms with Gasteiger partial charge in [-0.2, -0.15) is 9.78 Å². The molecule has 0 aliphatic rings. The SMILES string of the molecule is Cc1cc(-n2nnc3cccc(C(=O)O)c32)nn1C. The summed E-state index contributed by atoms with van der Waals surface area (Å²) in [4.78, 5) is 11.3. The molecule has 7 nitrogen and oxygen atoms in total. The van der Waals surface area contributed by atoms with Gasteiger partial charge in [0.2, 0.25) is 0 Å². The number of hydrogen-bond acceptors (Lipinski definition) is 4. The van der Waals surface area contributed by atoms with Crippen LogP contribution < -0.4 is 0 Å². The number of fused-ring (bicyclic) bond motifs is 1. The number of carboxylic acid groups (broad SMARTS) is 1. The highest BCUT2D eigenvalue weighted by atomic mass is 16.4. The maximum absolute atomic E-state index is 11.3. The van der Waals surface area contributed by atoms with Crippen LogP contribution in [0.15, 0.2) is 24.3 Å². The minimum Gasteiger partial charge on any atom is -0.478 e. The van der Waals surface area contributed by atoms with E-state index in [0.29, 0.717) is 16.9 Å². The molecule has 0 atom stereocenters. The maximum Gasteiger partial charge on any atom is 0.337 e. The van der Waals surface area contributed by atoms with Crippen molar-refractivity contribution in [1.29, 1.82) is 0 Å². The molecule has 7 heteroatoms. The van der Waals surface area contributed by atoms with Gasteiger partial charge in [-0.3, -0.25) is 4.68 Å². The van der Waals surface area contributed by atoms with Gasteiger partial charge in [-0.15, -0.1) is 5.10 Å². The molecular weight excluding hydrogens is 246 g/mol. The number of para-hydroxylation sites is 1. The summed E-state index contributed by atoms with van der Waals surface area (Å²) in [5, 5.41) is 21.5. The molecule has 0 amide bonds. The van der Waals surface area contributed by atoms with E-state index in [4.69, 9.17) is 0 Å². The van der Waals surface area contributed by atoms with Gasteiger partial charge in [0.15, 0.2) is 5.82 Å². The molecule has 2 heterocycles. The molecular formula is C12H11N5O2. The summed E-state index contributed by atoms with van der Waals surface area (Å²) >= 11 is 0. The van der Waals surface area contributed by atoms with Crippen LogP contribution in [0, 0.1) is 6.92 Å². The van der Waals surface area contributed by atoms with Crippen molar-refractivity contribution in [3.8, 4) is 5.82 Å². The molecule has 0 aliphatic carbocycles. The Morgan fingerprint density at radius 2 is 2.16 bits per heavy atom. The lowest BCUT2D eigenvalue weighted by Crippen LogP contribution is -2.04. The molecule has 3 rings (SSSR count). The molecule has 0 spiro atoms. The molecule has 0 radical (unpaired) electrons. The van der Waals surface area contributed by atoms with Crippen molar-refractivity contribution in [3.05, 3.63) is 35.5 Å². The first kappa shape index (κ1) is 11.4. The molecule has 0 fully saturated rings. The third-order valence-corrected chi connectivity index (χ3v) is 3.02. The number of benzene rings is 1. The Hall–Kier alpha value is -2.70. The van der Waals surface area contributed by atoms with E-state index in [9.17, 15) is 9.90 Å². The van der Waals surface area contributed by atoms with Crippen molar-refractivity contribution in [2.24, 2.45) is 7.05 Å². The van der Waals surface area contributed by atoms with Gasteiger partial charge in [0.25, 0.3) is 0 Å². The molecule has 96 valence electrons. The highest BCUT2D eigenvalue weighted by Gasteiger charge is 2.17. The third kappa shape index (κ3) is 1.67. The first-order valence-electron chi connectivity index (χ1n) is 5.66. The zero-order valence-corrected chi connectivity index (χ0v) is 10.4. The second-order valence-electron chi connectivity index (χ2n) is 4.25. The zero-order chi connectivity index (χ0) is 13.6. The molecule has 0 aliphatic heterocycles. The topological polar surface area (TPSA) is 85.8 Å². The van der Waals surface area contributed by atoms with Crippen LogP contribution in [0.2, 0.25) is 0 Å². The Labute approximate surface area is 108 Å². The Morgan fingerprint density at radius 1 is 1.37 bits per heavy atom. The van der Waals surface area contributed by atoms with Crippen molar-refractivity contribution in [3.63, 3.8) is 0 Å². The van der Waals surface area contributed by atoms with Gasteiger partial charge in [0.1, 0.15) is 11.0 Å². The predicted octanol–water partition coefficient (Wildman–Crippen LogP) is 1.16. The molecule has 0 unspecified atom stereocenters. The van der Waals surface area contributed by atoms with Crippen LogP contribution in [0.5, 0.6) is 0 Å². The number of carbonyl (C=O) groups is 1. The Balaban J connectivity index is 2.33. The number of aromatic nitrogens is 5. The fraction of sp³-hybridized carbons (Fsp3) is 0.167. The summed E-state index contributed by atoms with van der Waals surface area (Å²) < 4.78 is 3.15. The summed E-state index contributed by atoms with van der Waals surface area (Å²) in [6, 6.07) is 6.72. The molecule has 1 N–H and O–H groups in total. The lowest BCUT2D eigenvalue weighted by molar-refractivity contribution is 0.0698. The van der Waals surface area contributed by atoms with Crippen molar-refractivity contribution in [2.75, 3.05) is 0 Å². The number of aryl methyl sites for hydroxylation is 2. The number of carboxylic acids is 1. The largest absolute Gasteiger partial charge is 0.478 e. The standard InChI is InChI=1S/C12H11N5O2/c1-7-6-10(14-16(7)2)17-11-8(12(18)19)4-3-5-9(11)13-15-17/h3-6H,1-2H3,(H,18,19). The quantitative estimate of drug-likeness (QED) is 0.744. The summed E-state index contributed by atoms with van der Waals surface area (Å²) in [5.41, 5.74) is 2.09. The first-order valence-corrected chi connectivity index (χ1v) is 5.66. The minimum atomic E-state index is -1.01. The highest BCUT2D eigenvalue weighted by Crippen LogP contribution is 2.20. The number of hydrogen-bond donors (Lipinski definition) is 1.